The van der Waals surface area contributed by atoms with E-state index in [9.17, 15) is 22.8 Å². The largest absolute Gasteiger partial charge is 0.484 e. The topological polar surface area (TPSA) is 52.6 Å². The first-order chi connectivity index (χ1) is 9.84. The second-order valence-corrected chi connectivity index (χ2v) is 4.21. The number of Topliss-reactive ketones (excluding diaryl/α,β-unsaturated/α-hetero) is 1. The van der Waals surface area contributed by atoms with Crippen molar-refractivity contribution in [3.63, 3.8) is 0 Å². The molecule has 4 nitrogen and oxygen atoms in total. The summed E-state index contributed by atoms with van der Waals surface area (Å²) in [6, 6.07) is 4.01. The van der Waals surface area contributed by atoms with Crippen molar-refractivity contribution < 1.29 is 32.2 Å². The highest BCUT2D eigenvalue weighted by atomic mass is 19.4. The lowest BCUT2D eigenvalue weighted by Crippen LogP contribution is -2.14. The molecule has 1 aromatic carbocycles. The molecule has 0 unspecified atom stereocenters. The predicted molar refractivity (Wildman–Crippen MR) is 66.0 cm³/mol. The Morgan fingerprint density at radius 2 is 1.90 bits per heavy atom. The normalized spacial score (nSPS) is 15.1. The summed E-state index contributed by atoms with van der Waals surface area (Å²) in [5, 5.41) is 0. The van der Waals surface area contributed by atoms with Crippen LogP contribution in [0.5, 0.6) is 0 Å². The van der Waals surface area contributed by atoms with Gasteiger partial charge in [0.15, 0.2) is 6.61 Å². The summed E-state index contributed by atoms with van der Waals surface area (Å²) >= 11 is 0. The highest BCUT2D eigenvalue weighted by Crippen LogP contribution is 2.32. The van der Waals surface area contributed by atoms with E-state index in [2.05, 4.69) is 0 Å². The first kappa shape index (κ1) is 15.1. The maximum absolute atomic E-state index is 12.5. The number of esters is 1. The monoisotopic (exact) mass is 300 g/mol. The summed E-state index contributed by atoms with van der Waals surface area (Å²) in [7, 11) is 0. The van der Waals surface area contributed by atoms with Gasteiger partial charge in [0.2, 0.25) is 5.78 Å². The van der Waals surface area contributed by atoms with Crippen LogP contribution in [0, 0.1) is 0 Å². The van der Waals surface area contributed by atoms with E-state index in [4.69, 9.17) is 9.47 Å². The lowest BCUT2D eigenvalue weighted by atomic mass is 10.1. The van der Waals surface area contributed by atoms with E-state index in [1.807, 2.05) is 0 Å². The second-order valence-electron chi connectivity index (χ2n) is 4.21. The van der Waals surface area contributed by atoms with Crippen LogP contribution >= 0.6 is 0 Å². The number of ketones is 1. The van der Waals surface area contributed by atoms with Gasteiger partial charge in [-0.05, 0) is 19.1 Å². The smallest absolute Gasteiger partial charge is 0.416 e. The fourth-order valence-electron chi connectivity index (χ4n) is 1.86. The molecule has 1 heterocycles. The quantitative estimate of drug-likeness (QED) is 0.636. The summed E-state index contributed by atoms with van der Waals surface area (Å²) in [5.41, 5.74) is -0.873. The van der Waals surface area contributed by atoms with Gasteiger partial charge in [0, 0.05) is 5.56 Å². The number of hydrogen-bond donors (Lipinski definition) is 0. The number of hydrogen-bond acceptors (Lipinski definition) is 4. The van der Waals surface area contributed by atoms with Gasteiger partial charge in [-0.1, -0.05) is 12.1 Å². The Bertz CT molecular complexity index is 600. The Morgan fingerprint density at radius 1 is 1.29 bits per heavy atom. The number of halogens is 3. The van der Waals surface area contributed by atoms with Crippen LogP contribution in [0.25, 0.3) is 5.76 Å². The van der Waals surface area contributed by atoms with Gasteiger partial charge in [-0.15, -0.1) is 0 Å². The van der Waals surface area contributed by atoms with E-state index >= 15 is 0 Å². The number of carbonyl (C=O) groups is 2. The molecule has 0 atom stereocenters. The number of benzene rings is 1. The minimum absolute atomic E-state index is 0.0489. The average Bonchev–Trinajstić information content (AvgIpc) is 2.80. The molecule has 1 aliphatic heterocycles. The van der Waals surface area contributed by atoms with Gasteiger partial charge in [-0.3, -0.25) is 4.79 Å². The van der Waals surface area contributed by atoms with Crippen LogP contribution < -0.4 is 0 Å². The highest BCUT2D eigenvalue weighted by Gasteiger charge is 2.34. The zero-order valence-electron chi connectivity index (χ0n) is 11.0. The Balaban J connectivity index is 2.39. The summed E-state index contributed by atoms with van der Waals surface area (Å²) in [6.45, 7) is 1.33. The maximum atomic E-state index is 12.5. The zero-order chi connectivity index (χ0) is 15.6. The van der Waals surface area contributed by atoms with Crippen molar-refractivity contribution >= 4 is 17.5 Å². The molecule has 0 aliphatic carbocycles. The summed E-state index contributed by atoms with van der Waals surface area (Å²) in [4.78, 5) is 23.3. The molecule has 7 heteroatoms. The molecule has 0 saturated heterocycles. The summed E-state index contributed by atoms with van der Waals surface area (Å²) < 4.78 is 47.3. The molecule has 0 saturated carbocycles. The van der Waals surface area contributed by atoms with Gasteiger partial charge >= 0.3 is 12.1 Å². The SMILES string of the molecule is CCOC(=O)C1=C(c2ccc(C(F)(F)F)cc2)OCC1=O. The van der Waals surface area contributed by atoms with Crippen LogP contribution in [0.1, 0.15) is 18.1 Å². The maximum Gasteiger partial charge on any atom is 0.416 e. The molecule has 0 amide bonds. The molecule has 0 radical (unpaired) electrons. The summed E-state index contributed by atoms with van der Waals surface area (Å²) in [6.07, 6.45) is -4.46. The van der Waals surface area contributed by atoms with Crippen molar-refractivity contribution in [2.75, 3.05) is 13.2 Å². The van der Waals surface area contributed by atoms with Crippen molar-refractivity contribution in [1.29, 1.82) is 0 Å². The van der Waals surface area contributed by atoms with Gasteiger partial charge in [0.1, 0.15) is 11.3 Å². The van der Waals surface area contributed by atoms with E-state index in [0.717, 1.165) is 24.3 Å². The minimum Gasteiger partial charge on any atom is -0.484 e. The van der Waals surface area contributed by atoms with Crippen molar-refractivity contribution in [1.82, 2.24) is 0 Å². The molecule has 0 aromatic heterocycles. The van der Waals surface area contributed by atoms with Crippen LogP contribution in [-0.2, 0) is 25.2 Å². The van der Waals surface area contributed by atoms with Crippen molar-refractivity contribution in [2.45, 2.75) is 13.1 Å². The van der Waals surface area contributed by atoms with E-state index in [1.54, 1.807) is 6.92 Å². The third-order valence-corrected chi connectivity index (χ3v) is 2.81. The van der Waals surface area contributed by atoms with Gasteiger partial charge in [-0.25, -0.2) is 4.79 Å². The predicted octanol–water partition coefficient (Wildman–Crippen LogP) is 2.58. The molecule has 112 valence electrons. The molecule has 0 N–H and O–H groups in total. The fraction of sp³-hybridized carbons (Fsp3) is 0.286. The van der Waals surface area contributed by atoms with Crippen molar-refractivity contribution in [2.24, 2.45) is 0 Å². The van der Waals surface area contributed by atoms with Crippen molar-refractivity contribution in [3.05, 3.63) is 41.0 Å². The van der Waals surface area contributed by atoms with Crippen LogP contribution in [0.15, 0.2) is 29.8 Å². The molecule has 21 heavy (non-hydrogen) atoms. The number of carbonyl (C=O) groups excluding carboxylic acids is 2. The summed E-state index contributed by atoms with van der Waals surface area (Å²) in [5.74, 6) is -1.44. The third-order valence-electron chi connectivity index (χ3n) is 2.81. The number of rotatable bonds is 3. The molecular formula is C14H11F3O4. The minimum atomic E-state index is -4.46. The first-order valence-electron chi connectivity index (χ1n) is 6.09. The van der Waals surface area contributed by atoms with Gasteiger partial charge in [-0.2, -0.15) is 13.2 Å². The molecule has 0 spiro atoms. The van der Waals surface area contributed by atoms with Gasteiger partial charge in [0.05, 0.1) is 12.2 Å². The molecule has 0 fully saturated rings. The van der Waals surface area contributed by atoms with Crippen LogP contribution in [-0.4, -0.2) is 25.0 Å². The molecular weight excluding hydrogens is 289 g/mol. The Kier molecular flexibility index (Phi) is 4.02. The van der Waals surface area contributed by atoms with E-state index in [1.165, 1.54) is 0 Å². The van der Waals surface area contributed by atoms with Gasteiger partial charge in [0.25, 0.3) is 0 Å². The van der Waals surface area contributed by atoms with Gasteiger partial charge < -0.3 is 9.47 Å². The lowest BCUT2D eigenvalue weighted by molar-refractivity contribution is -0.140. The Hall–Kier alpha value is -2.31. The number of alkyl halides is 3. The van der Waals surface area contributed by atoms with E-state index in [0.29, 0.717) is 0 Å². The Morgan fingerprint density at radius 3 is 2.43 bits per heavy atom. The second kappa shape index (κ2) is 5.59. The lowest BCUT2D eigenvalue weighted by Gasteiger charge is -2.09. The molecule has 2 rings (SSSR count). The van der Waals surface area contributed by atoms with Crippen LogP contribution in [0.2, 0.25) is 0 Å². The van der Waals surface area contributed by atoms with Crippen LogP contribution in [0.3, 0.4) is 0 Å². The zero-order valence-corrected chi connectivity index (χ0v) is 11.0. The molecule has 0 bridgehead atoms. The molecule has 1 aliphatic rings. The third kappa shape index (κ3) is 3.07. The van der Waals surface area contributed by atoms with E-state index < -0.39 is 23.5 Å². The number of ether oxygens (including phenoxy) is 2. The average molecular weight is 300 g/mol. The van der Waals surface area contributed by atoms with Crippen LogP contribution in [0.4, 0.5) is 13.2 Å². The standard InChI is InChI=1S/C14H11F3O4/c1-2-20-13(19)11-10(18)7-21-12(11)8-3-5-9(6-4-8)14(15,16)17/h3-6H,2,7H2,1H3. The highest BCUT2D eigenvalue weighted by molar-refractivity contribution is 6.24. The molecule has 1 aromatic rings. The van der Waals surface area contributed by atoms with Crippen molar-refractivity contribution in [3.8, 4) is 0 Å². The Labute approximate surface area is 118 Å². The van der Waals surface area contributed by atoms with E-state index in [-0.39, 0.29) is 30.1 Å². The fourth-order valence-corrected chi connectivity index (χ4v) is 1.86. The first-order valence-corrected chi connectivity index (χ1v) is 6.09.